The average molecular weight is 381 g/mol. The van der Waals surface area contributed by atoms with Gasteiger partial charge in [-0.2, -0.15) is 0 Å². The molecular weight excluding hydrogens is 348 g/mol. The Morgan fingerprint density at radius 2 is 2.04 bits per heavy atom. The summed E-state index contributed by atoms with van der Waals surface area (Å²) in [6, 6.07) is 1.57. The number of nitrogen functional groups attached to an aromatic ring is 1. The quantitative estimate of drug-likeness (QED) is 0.764. The molecule has 146 valence electrons. The van der Waals surface area contributed by atoms with Crippen LogP contribution in [0.3, 0.4) is 0 Å². The van der Waals surface area contributed by atoms with Gasteiger partial charge in [-0.3, -0.25) is 19.4 Å². The molecule has 3 N–H and O–H groups in total. The van der Waals surface area contributed by atoms with Gasteiger partial charge in [0, 0.05) is 24.5 Å². The molecule has 1 atom stereocenters. The summed E-state index contributed by atoms with van der Waals surface area (Å²) in [5.74, 6) is 0.0224. The average Bonchev–Trinajstić information content (AvgIpc) is 2.90. The highest BCUT2D eigenvalue weighted by Crippen LogP contribution is 2.35. The standard InChI is InChI=1S/C19H32N4O2S/c1-18(2,3)14-10-12(20)16(26-14)15(24)13(22(6)7)11-23-9-8-21-17(25)19(23,4)5/h10,13H,8-9,11,20H2,1-7H3,(H,21,25). The Bertz CT molecular complexity index is 688. The first kappa shape index (κ1) is 20.9. The van der Waals surface area contributed by atoms with Crippen LogP contribution in [0.25, 0.3) is 0 Å². The normalized spacial score (nSPS) is 19.5. The zero-order valence-electron chi connectivity index (χ0n) is 17.0. The first-order valence-electron chi connectivity index (χ1n) is 8.99. The fourth-order valence-electron chi connectivity index (χ4n) is 3.07. The largest absolute Gasteiger partial charge is 0.397 e. The maximum absolute atomic E-state index is 13.3. The topological polar surface area (TPSA) is 78.7 Å². The van der Waals surface area contributed by atoms with Gasteiger partial charge >= 0.3 is 0 Å². The molecule has 2 rings (SSSR count). The molecular formula is C19H32N4O2S. The number of piperazine rings is 1. The first-order valence-corrected chi connectivity index (χ1v) is 9.81. The minimum Gasteiger partial charge on any atom is -0.397 e. The SMILES string of the molecule is CN(C)C(CN1CCNC(=O)C1(C)C)C(=O)c1sc(C(C)(C)C)cc1N. The molecule has 0 radical (unpaired) electrons. The number of rotatable bonds is 5. The van der Waals surface area contributed by atoms with Gasteiger partial charge < -0.3 is 11.1 Å². The number of nitrogens with zero attached hydrogens (tertiary/aromatic N) is 2. The van der Waals surface area contributed by atoms with Crippen LogP contribution in [-0.2, 0) is 10.2 Å². The van der Waals surface area contributed by atoms with Crippen LogP contribution >= 0.6 is 11.3 Å². The van der Waals surface area contributed by atoms with E-state index in [0.717, 1.165) is 11.4 Å². The third-order valence-electron chi connectivity index (χ3n) is 5.06. The summed E-state index contributed by atoms with van der Waals surface area (Å²) in [5.41, 5.74) is 6.05. The van der Waals surface area contributed by atoms with Crippen LogP contribution in [-0.4, -0.2) is 66.8 Å². The predicted molar refractivity (Wildman–Crippen MR) is 108 cm³/mol. The van der Waals surface area contributed by atoms with E-state index in [4.69, 9.17) is 5.73 Å². The molecule has 1 aliphatic heterocycles. The van der Waals surface area contributed by atoms with Crippen molar-refractivity contribution in [2.24, 2.45) is 0 Å². The molecule has 0 bridgehead atoms. The van der Waals surface area contributed by atoms with Crippen LogP contribution < -0.4 is 11.1 Å². The lowest BCUT2D eigenvalue weighted by atomic mass is 9.94. The summed E-state index contributed by atoms with van der Waals surface area (Å²) in [5, 5.41) is 2.90. The molecule has 1 unspecified atom stereocenters. The second kappa shape index (κ2) is 7.29. The van der Waals surface area contributed by atoms with Gasteiger partial charge in [-0.25, -0.2) is 0 Å². The monoisotopic (exact) mass is 380 g/mol. The fraction of sp³-hybridized carbons (Fsp3) is 0.684. The summed E-state index contributed by atoms with van der Waals surface area (Å²) in [6.07, 6.45) is 0. The van der Waals surface area contributed by atoms with E-state index in [9.17, 15) is 9.59 Å². The van der Waals surface area contributed by atoms with E-state index in [1.807, 2.05) is 38.9 Å². The molecule has 0 aromatic carbocycles. The molecule has 1 aliphatic rings. The van der Waals surface area contributed by atoms with E-state index in [1.54, 1.807) is 0 Å². The number of carbonyl (C=O) groups is 2. The second-order valence-electron chi connectivity index (χ2n) is 8.75. The Hall–Kier alpha value is -1.44. The Labute approximate surface area is 160 Å². The molecule has 2 heterocycles. The Kier molecular flexibility index (Phi) is 5.85. The van der Waals surface area contributed by atoms with Crippen molar-refractivity contribution >= 4 is 28.7 Å². The Balaban J connectivity index is 2.29. The zero-order chi connectivity index (χ0) is 19.9. The second-order valence-corrected chi connectivity index (χ2v) is 9.80. The molecule has 26 heavy (non-hydrogen) atoms. The number of ketones is 1. The van der Waals surface area contributed by atoms with Crippen LogP contribution in [0.15, 0.2) is 6.07 Å². The molecule has 6 nitrogen and oxygen atoms in total. The lowest BCUT2D eigenvalue weighted by molar-refractivity contribution is -0.135. The summed E-state index contributed by atoms with van der Waals surface area (Å²) in [7, 11) is 3.79. The number of nitrogens with two attached hydrogens (primary N) is 1. The zero-order valence-corrected chi connectivity index (χ0v) is 17.8. The van der Waals surface area contributed by atoms with E-state index < -0.39 is 5.54 Å². The van der Waals surface area contributed by atoms with E-state index >= 15 is 0 Å². The Morgan fingerprint density at radius 1 is 1.42 bits per heavy atom. The first-order chi connectivity index (χ1) is 11.9. The van der Waals surface area contributed by atoms with Gasteiger partial charge in [0.1, 0.15) is 0 Å². The van der Waals surface area contributed by atoms with Gasteiger partial charge in [0.05, 0.1) is 22.1 Å². The number of thiophene rings is 1. The van der Waals surface area contributed by atoms with Crippen LogP contribution in [0.1, 0.15) is 49.2 Å². The summed E-state index contributed by atoms with van der Waals surface area (Å²) < 4.78 is 0. The molecule has 0 saturated carbocycles. The van der Waals surface area contributed by atoms with Gasteiger partial charge in [-0.15, -0.1) is 11.3 Å². The van der Waals surface area contributed by atoms with Crippen molar-refractivity contribution in [1.82, 2.24) is 15.1 Å². The number of anilines is 1. The lowest BCUT2D eigenvalue weighted by Crippen LogP contribution is -2.64. The number of likely N-dealkylation sites (N-methyl/N-ethyl adjacent to an activating group) is 1. The summed E-state index contributed by atoms with van der Waals surface area (Å²) in [6.45, 7) is 12.0. The molecule has 0 spiro atoms. The van der Waals surface area contributed by atoms with Crippen LogP contribution in [0.4, 0.5) is 5.69 Å². The molecule has 7 heteroatoms. The Morgan fingerprint density at radius 3 is 2.54 bits per heavy atom. The highest BCUT2D eigenvalue weighted by molar-refractivity contribution is 7.14. The van der Waals surface area contributed by atoms with Gasteiger partial charge in [-0.05, 0) is 39.4 Å². The third kappa shape index (κ3) is 4.10. The van der Waals surface area contributed by atoms with E-state index in [2.05, 4.69) is 31.0 Å². The van der Waals surface area contributed by atoms with Gasteiger partial charge in [-0.1, -0.05) is 20.8 Å². The van der Waals surface area contributed by atoms with Crippen molar-refractivity contribution in [2.75, 3.05) is 39.5 Å². The molecule has 0 aliphatic carbocycles. The van der Waals surface area contributed by atoms with Crippen LogP contribution in [0.2, 0.25) is 0 Å². The van der Waals surface area contributed by atoms with Crippen molar-refractivity contribution in [3.63, 3.8) is 0 Å². The minimum atomic E-state index is -0.635. The molecule has 1 saturated heterocycles. The van der Waals surface area contributed by atoms with Gasteiger partial charge in [0.15, 0.2) is 5.78 Å². The van der Waals surface area contributed by atoms with Crippen molar-refractivity contribution in [3.8, 4) is 0 Å². The van der Waals surface area contributed by atoms with Crippen molar-refractivity contribution in [1.29, 1.82) is 0 Å². The molecule has 1 aromatic rings. The van der Waals surface area contributed by atoms with Crippen LogP contribution in [0.5, 0.6) is 0 Å². The van der Waals surface area contributed by atoms with E-state index in [1.165, 1.54) is 11.3 Å². The van der Waals surface area contributed by atoms with Gasteiger partial charge in [0.2, 0.25) is 5.91 Å². The molecule has 1 fully saturated rings. The number of Topliss-reactive ketones (excluding diaryl/α,β-unsaturated/α-hetero) is 1. The van der Waals surface area contributed by atoms with Crippen molar-refractivity contribution in [3.05, 3.63) is 15.8 Å². The van der Waals surface area contributed by atoms with Crippen molar-refractivity contribution in [2.45, 2.75) is 51.6 Å². The van der Waals surface area contributed by atoms with Crippen LogP contribution in [0, 0.1) is 0 Å². The third-order valence-corrected chi connectivity index (χ3v) is 6.65. The number of amides is 1. The maximum atomic E-state index is 13.3. The van der Waals surface area contributed by atoms with E-state index in [-0.39, 0.29) is 23.1 Å². The van der Waals surface area contributed by atoms with E-state index in [0.29, 0.717) is 23.7 Å². The highest BCUT2D eigenvalue weighted by atomic mass is 32.1. The highest BCUT2D eigenvalue weighted by Gasteiger charge is 2.40. The maximum Gasteiger partial charge on any atom is 0.240 e. The molecule has 1 amide bonds. The summed E-state index contributed by atoms with van der Waals surface area (Å²) >= 11 is 1.48. The fourth-order valence-corrected chi connectivity index (χ4v) is 4.20. The predicted octanol–water partition coefficient (Wildman–Crippen LogP) is 1.95. The smallest absolute Gasteiger partial charge is 0.240 e. The number of hydrogen-bond donors (Lipinski definition) is 2. The van der Waals surface area contributed by atoms with Gasteiger partial charge in [0.25, 0.3) is 0 Å². The van der Waals surface area contributed by atoms with Crippen molar-refractivity contribution < 1.29 is 9.59 Å². The minimum absolute atomic E-state index is 0.000591. The number of carbonyl (C=O) groups excluding carboxylic acids is 2. The number of nitrogens with one attached hydrogen (secondary N) is 1. The summed E-state index contributed by atoms with van der Waals surface area (Å²) in [4.78, 5) is 31.2. The molecule has 1 aromatic heterocycles. The lowest BCUT2D eigenvalue weighted by Gasteiger charge is -2.43. The number of hydrogen-bond acceptors (Lipinski definition) is 6.